The molecule has 0 aromatic carbocycles. The number of nitrogens with one attached hydrogen (secondary N) is 1. The monoisotopic (exact) mass is 400 g/mol. The van der Waals surface area contributed by atoms with Crippen molar-refractivity contribution in [2.75, 3.05) is 40.0 Å². The Balaban J connectivity index is 1.51. The van der Waals surface area contributed by atoms with E-state index in [1.807, 2.05) is 23.0 Å². The molecule has 0 spiro atoms. The maximum atomic E-state index is 5.96. The van der Waals surface area contributed by atoms with Crippen LogP contribution in [0.1, 0.15) is 31.7 Å². The minimum Gasteiger partial charge on any atom is -0.385 e. The summed E-state index contributed by atoms with van der Waals surface area (Å²) in [6.45, 7) is 7.00. The van der Waals surface area contributed by atoms with E-state index in [-0.39, 0.29) is 0 Å². The second-order valence-electron chi connectivity index (χ2n) is 7.07. The van der Waals surface area contributed by atoms with Crippen molar-refractivity contribution in [1.29, 1.82) is 0 Å². The van der Waals surface area contributed by atoms with E-state index in [0.29, 0.717) is 12.6 Å². The lowest BCUT2D eigenvalue weighted by Crippen LogP contribution is -2.47. The van der Waals surface area contributed by atoms with E-state index in [9.17, 15) is 0 Å². The highest BCUT2D eigenvalue weighted by Gasteiger charge is 2.21. The van der Waals surface area contributed by atoms with Crippen LogP contribution >= 0.6 is 0 Å². The van der Waals surface area contributed by atoms with E-state index in [1.165, 1.54) is 0 Å². The van der Waals surface area contributed by atoms with Gasteiger partial charge in [0.05, 0.1) is 12.6 Å². The van der Waals surface area contributed by atoms with Gasteiger partial charge in [-0.15, -0.1) is 0 Å². The van der Waals surface area contributed by atoms with Crippen LogP contribution in [-0.2, 0) is 16.0 Å². The number of hydrogen-bond donors (Lipinski definition) is 1. The van der Waals surface area contributed by atoms with Crippen LogP contribution in [-0.4, -0.2) is 71.5 Å². The number of pyridine rings is 1. The number of rotatable bonds is 9. The topological polar surface area (TPSA) is 76.8 Å². The molecule has 1 aliphatic rings. The van der Waals surface area contributed by atoms with Crippen molar-refractivity contribution in [2.45, 2.75) is 38.8 Å². The number of aromatic nitrogens is 3. The van der Waals surface area contributed by atoms with Crippen LogP contribution in [0.5, 0.6) is 0 Å². The highest BCUT2D eigenvalue weighted by molar-refractivity contribution is 5.80. The second kappa shape index (κ2) is 11.5. The number of hydrogen-bond acceptors (Lipinski definition) is 5. The SMILES string of the molecule is CCNC(=NCc1ccc(-n2ccnc2)nc1)N1CCC(OCCCOC)CC1. The molecule has 2 aromatic heterocycles. The number of guanidine groups is 1. The first-order valence-corrected chi connectivity index (χ1v) is 10.4. The molecule has 1 aliphatic heterocycles. The second-order valence-corrected chi connectivity index (χ2v) is 7.07. The molecule has 1 saturated heterocycles. The zero-order valence-corrected chi connectivity index (χ0v) is 17.5. The Morgan fingerprint density at radius 2 is 2.14 bits per heavy atom. The van der Waals surface area contributed by atoms with Crippen molar-refractivity contribution >= 4 is 5.96 Å². The van der Waals surface area contributed by atoms with Crippen LogP contribution in [0.2, 0.25) is 0 Å². The molecule has 8 nitrogen and oxygen atoms in total. The van der Waals surface area contributed by atoms with Crippen molar-refractivity contribution < 1.29 is 9.47 Å². The van der Waals surface area contributed by atoms with Gasteiger partial charge in [-0.05, 0) is 37.8 Å². The Labute approximate surface area is 173 Å². The average Bonchev–Trinajstić information content (AvgIpc) is 3.30. The van der Waals surface area contributed by atoms with E-state index < -0.39 is 0 Å². The molecule has 2 aromatic rings. The lowest BCUT2D eigenvalue weighted by molar-refractivity contribution is 0.00990. The third-order valence-electron chi connectivity index (χ3n) is 4.91. The number of aliphatic imine (C=N–C) groups is 1. The average molecular weight is 401 g/mol. The van der Waals surface area contributed by atoms with Gasteiger partial charge in [-0.3, -0.25) is 4.57 Å². The molecule has 3 heterocycles. The molecule has 0 amide bonds. The van der Waals surface area contributed by atoms with Gasteiger partial charge < -0.3 is 19.7 Å². The molecule has 3 rings (SSSR count). The highest BCUT2D eigenvalue weighted by atomic mass is 16.5. The van der Waals surface area contributed by atoms with Gasteiger partial charge in [0, 0.05) is 58.5 Å². The zero-order chi connectivity index (χ0) is 20.3. The van der Waals surface area contributed by atoms with Gasteiger partial charge in [-0.25, -0.2) is 15.0 Å². The predicted molar refractivity (Wildman–Crippen MR) is 113 cm³/mol. The molecule has 0 aliphatic carbocycles. The van der Waals surface area contributed by atoms with Gasteiger partial charge in [-0.2, -0.15) is 0 Å². The first kappa shape index (κ1) is 21.3. The van der Waals surface area contributed by atoms with E-state index in [2.05, 4.69) is 33.2 Å². The van der Waals surface area contributed by atoms with Crippen LogP contribution in [0.3, 0.4) is 0 Å². The van der Waals surface area contributed by atoms with Crippen molar-refractivity contribution in [2.24, 2.45) is 4.99 Å². The minimum atomic E-state index is 0.339. The molecule has 0 atom stereocenters. The van der Waals surface area contributed by atoms with E-state index in [4.69, 9.17) is 14.5 Å². The summed E-state index contributed by atoms with van der Waals surface area (Å²) in [6.07, 6.45) is 10.6. The fourth-order valence-corrected chi connectivity index (χ4v) is 3.34. The number of ether oxygens (including phenoxy) is 2. The van der Waals surface area contributed by atoms with Crippen LogP contribution in [0, 0.1) is 0 Å². The number of piperidine rings is 1. The first-order valence-electron chi connectivity index (χ1n) is 10.4. The molecule has 1 N–H and O–H groups in total. The summed E-state index contributed by atoms with van der Waals surface area (Å²) < 4.78 is 12.9. The van der Waals surface area contributed by atoms with Gasteiger partial charge in [0.2, 0.25) is 0 Å². The fourth-order valence-electron chi connectivity index (χ4n) is 3.34. The maximum Gasteiger partial charge on any atom is 0.194 e. The van der Waals surface area contributed by atoms with Crippen molar-refractivity contribution in [3.8, 4) is 5.82 Å². The smallest absolute Gasteiger partial charge is 0.194 e. The van der Waals surface area contributed by atoms with Gasteiger partial charge in [0.25, 0.3) is 0 Å². The van der Waals surface area contributed by atoms with Gasteiger partial charge in [0.15, 0.2) is 5.96 Å². The van der Waals surface area contributed by atoms with Crippen molar-refractivity contribution in [1.82, 2.24) is 24.8 Å². The number of likely N-dealkylation sites (tertiary alicyclic amines) is 1. The standard InChI is InChI=1S/C21H32N6O2/c1-3-23-21(26-10-7-19(8-11-26)29-14-4-13-28-2)25-16-18-5-6-20(24-15-18)27-12-9-22-17-27/h5-6,9,12,15,17,19H,3-4,7-8,10-11,13-14,16H2,1-2H3,(H,23,25). The van der Waals surface area contributed by atoms with Crippen LogP contribution < -0.4 is 5.32 Å². The molecule has 1 fully saturated rings. The van der Waals surface area contributed by atoms with Crippen LogP contribution in [0.15, 0.2) is 42.0 Å². The Bertz CT molecular complexity index is 724. The third kappa shape index (κ3) is 6.54. The Hall–Kier alpha value is -2.45. The molecule has 8 heteroatoms. The molecule has 158 valence electrons. The molecule has 0 saturated carbocycles. The maximum absolute atomic E-state index is 5.96. The summed E-state index contributed by atoms with van der Waals surface area (Å²) in [7, 11) is 1.73. The van der Waals surface area contributed by atoms with Gasteiger partial charge in [0.1, 0.15) is 12.1 Å². The van der Waals surface area contributed by atoms with Crippen molar-refractivity contribution in [3.05, 3.63) is 42.6 Å². The van der Waals surface area contributed by atoms with E-state index in [0.717, 1.165) is 69.5 Å². The summed E-state index contributed by atoms with van der Waals surface area (Å²) in [4.78, 5) is 15.7. The number of methoxy groups -OCH3 is 1. The largest absolute Gasteiger partial charge is 0.385 e. The van der Waals surface area contributed by atoms with Gasteiger partial charge in [-0.1, -0.05) is 6.07 Å². The fraction of sp³-hybridized carbons (Fsp3) is 0.571. The van der Waals surface area contributed by atoms with E-state index >= 15 is 0 Å². The van der Waals surface area contributed by atoms with Crippen LogP contribution in [0.25, 0.3) is 5.82 Å². The van der Waals surface area contributed by atoms with Gasteiger partial charge >= 0.3 is 0 Å². The Kier molecular flexibility index (Phi) is 8.45. The third-order valence-corrected chi connectivity index (χ3v) is 4.91. The lowest BCUT2D eigenvalue weighted by atomic mass is 10.1. The first-order chi connectivity index (χ1) is 14.3. The summed E-state index contributed by atoms with van der Waals surface area (Å²) in [6, 6.07) is 4.06. The molecule has 0 unspecified atom stereocenters. The Morgan fingerprint density at radius 3 is 2.79 bits per heavy atom. The number of nitrogens with zero attached hydrogens (tertiary/aromatic N) is 5. The molecule has 0 radical (unpaired) electrons. The molecule has 29 heavy (non-hydrogen) atoms. The van der Waals surface area contributed by atoms with Crippen molar-refractivity contribution in [3.63, 3.8) is 0 Å². The highest BCUT2D eigenvalue weighted by Crippen LogP contribution is 2.15. The zero-order valence-electron chi connectivity index (χ0n) is 17.5. The summed E-state index contributed by atoms with van der Waals surface area (Å²) >= 11 is 0. The minimum absolute atomic E-state index is 0.339. The quantitative estimate of drug-likeness (QED) is 0.395. The molecular weight excluding hydrogens is 368 g/mol. The molecular formula is C21H32N6O2. The predicted octanol–water partition coefficient (Wildman–Crippen LogP) is 2.25. The summed E-state index contributed by atoms with van der Waals surface area (Å²) in [5.74, 6) is 1.82. The normalized spacial score (nSPS) is 15.7. The Morgan fingerprint density at radius 1 is 1.28 bits per heavy atom. The summed E-state index contributed by atoms with van der Waals surface area (Å²) in [5, 5.41) is 3.42. The number of imidazole rings is 1. The molecule has 0 bridgehead atoms. The van der Waals surface area contributed by atoms with Crippen LogP contribution in [0.4, 0.5) is 0 Å². The summed E-state index contributed by atoms with van der Waals surface area (Å²) in [5.41, 5.74) is 1.08. The van der Waals surface area contributed by atoms with E-state index in [1.54, 1.807) is 19.6 Å². The lowest BCUT2D eigenvalue weighted by Gasteiger charge is -2.34.